The number of carbonyl (C=O) groups excluding carboxylic acids is 1. The number of hydrogen-bond donors (Lipinski definition) is 1. The lowest BCUT2D eigenvalue weighted by Gasteiger charge is -2.32. The summed E-state index contributed by atoms with van der Waals surface area (Å²) in [5.41, 5.74) is 6.12. The highest BCUT2D eigenvalue weighted by atomic mass is 16.2. The summed E-state index contributed by atoms with van der Waals surface area (Å²) in [6.07, 6.45) is 7.05. The van der Waals surface area contributed by atoms with Crippen LogP contribution in [0.1, 0.15) is 49.3 Å². The van der Waals surface area contributed by atoms with Crippen LogP contribution >= 0.6 is 0 Å². The van der Waals surface area contributed by atoms with Crippen LogP contribution in [0.2, 0.25) is 0 Å². The Hall–Kier alpha value is -3.24. The number of nitrogens with zero attached hydrogens (tertiary/aromatic N) is 2. The van der Waals surface area contributed by atoms with E-state index < -0.39 is 0 Å². The maximum absolute atomic E-state index is 13.5. The van der Waals surface area contributed by atoms with Crippen LogP contribution in [0, 0.1) is 5.92 Å². The molecule has 1 N–H and O–H groups in total. The van der Waals surface area contributed by atoms with E-state index in [1.807, 2.05) is 35.2 Å². The molecule has 0 atom stereocenters. The fourth-order valence-electron chi connectivity index (χ4n) is 5.39. The largest absolute Gasteiger partial charge is 0.317 e. The van der Waals surface area contributed by atoms with Crippen LogP contribution in [0.4, 0.5) is 11.4 Å². The van der Waals surface area contributed by atoms with Crippen molar-refractivity contribution in [2.75, 3.05) is 24.7 Å². The van der Waals surface area contributed by atoms with Gasteiger partial charge < -0.3 is 4.90 Å². The van der Waals surface area contributed by atoms with Crippen LogP contribution in [0.5, 0.6) is 0 Å². The molecule has 1 saturated heterocycles. The minimum atomic E-state index is 0.0279. The number of benzene rings is 3. The molecular formula is C31H36N3O+. The molecule has 0 aliphatic carbocycles. The number of fused-ring (bicyclic) bond motifs is 1. The number of quaternary nitrogens is 1. The van der Waals surface area contributed by atoms with Gasteiger partial charge in [-0.15, -0.1) is 0 Å². The summed E-state index contributed by atoms with van der Waals surface area (Å²) in [5.74, 6) is 0.764. The SMILES string of the molecule is CCCCc1ccc(N=C2C(=O)N(C[NH+]3CCC(Cc4ccccc4)CC3)c3ccccc32)cc1. The number of aryl methyl sites for hydroxylation is 1. The zero-order valence-electron chi connectivity index (χ0n) is 20.7. The van der Waals surface area contributed by atoms with Crippen molar-refractivity contribution in [3.8, 4) is 0 Å². The molecule has 1 fully saturated rings. The summed E-state index contributed by atoms with van der Waals surface area (Å²) >= 11 is 0. The van der Waals surface area contributed by atoms with E-state index in [1.54, 1.807) is 0 Å². The molecule has 0 spiro atoms. The molecule has 0 unspecified atom stereocenters. The van der Waals surface area contributed by atoms with Gasteiger partial charge in [0.25, 0.3) is 5.91 Å². The van der Waals surface area contributed by atoms with Gasteiger partial charge in [0.05, 0.1) is 24.5 Å². The molecule has 3 aromatic carbocycles. The van der Waals surface area contributed by atoms with E-state index in [-0.39, 0.29) is 5.91 Å². The predicted octanol–water partition coefficient (Wildman–Crippen LogP) is 4.99. The van der Waals surface area contributed by atoms with Crippen molar-refractivity contribution in [3.05, 3.63) is 95.6 Å². The van der Waals surface area contributed by atoms with Crippen LogP contribution in [0.15, 0.2) is 83.9 Å². The number of unbranched alkanes of at least 4 members (excludes halogenated alkanes) is 1. The first kappa shape index (κ1) is 23.5. The zero-order valence-corrected chi connectivity index (χ0v) is 20.7. The molecule has 0 saturated carbocycles. The second kappa shape index (κ2) is 11.0. The van der Waals surface area contributed by atoms with Crippen LogP contribution in [-0.4, -0.2) is 31.4 Å². The van der Waals surface area contributed by atoms with E-state index >= 15 is 0 Å². The van der Waals surface area contributed by atoms with Crippen molar-refractivity contribution in [2.45, 2.75) is 45.4 Å². The standard InChI is InChI=1S/C31H35N3O/c1-2-3-9-24-14-16-27(17-15-24)32-30-28-12-7-8-13-29(28)34(31(30)35)23-33-20-18-26(19-21-33)22-25-10-5-4-6-11-25/h4-8,10-17,26H,2-3,9,18-23H2,1H3/p+1. The number of carbonyl (C=O) groups is 1. The molecule has 35 heavy (non-hydrogen) atoms. The molecule has 2 aliphatic heterocycles. The number of amides is 1. The third kappa shape index (κ3) is 5.54. The van der Waals surface area contributed by atoms with Crippen molar-refractivity contribution in [2.24, 2.45) is 10.9 Å². The maximum Gasteiger partial charge on any atom is 0.281 e. The Bertz CT molecular complexity index is 1160. The van der Waals surface area contributed by atoms with Gasteiger partial charge in [-0.2, -0.15) is 0 Å². The summed E-state index contributed by atoms with van der Waals surface area (Å²) < 4.78 is 0. The Balaban J connectivity index is 1.26. The summed E-state index contributed by atoms with van der Waals surface area (Å²) in [5, 5.41) is 0. The second-order valence-corrected chi connectivity index (χ2v) is 10.0. The molecule has 5 rings (SSSR count). The number of piperidine rings is 1. The van der Waals surface area contributed by atoms with E-state index in [0.717, 1.165) is 48.8 Å². The number of anilines is 1. The number of hydrogen-bond acceptors (Lipinski definition) is 2. The van der Waals surface area contributed by atoms with Gasteiger partial charge in [-0.25, -0.2) is 4.99 Å². The minimum absolute atomic E-state index is 0.0279. The molecule has 0 aromatic heterocycles. The Morgan fingerprint density at radius 1 is 0.886 bits per heavy atom. The fourth-order valence-corrected chi connectivity index (χ4v) is 5.39. The molecule has 2 heterocycles. The van der Waals surface area contributed by atoms with Gasteiger partial charge in [-0.3, -0.25) is 9.69 Å². The molecule has 3 aromatic rings. The first-order chi connectivity index (χ1) is 17.2. The van der Waals surface area contributed by atoms with Crippen molar-refractivity contribution < 1.29 is 9.69 Å². The summed E-state index contributed by atoms with van der Waals surface area (Å²) in [6.45, 7) is 5.14. The fraction of sp³-hybridized carbons (Fsp3) is 0.355. The minimum Gasteiger partial charge on any atom is -0.317 e. The van der Waals surface area contributed by atoms with E-state index in [9.17, 15) is 4.79 Å². The van der Waals surface area contributed by atoms with E-state index in [1.165, 1.54) is 41.7 Å². The molecule has 2 aliphatic rings. The van der Waals surface area contributed by atoms with Crippen LogP contribution in [0.3, 0.4) is 0 Å². The normalized spacial score (nSPS) is 20.9. The van der Waals surface area contributed by atoms with Gasteiger partial charge >= 0.3 is 0 Å². The summed E-state index contributed by atoms with van der Waals surface area (Å²) in [6, 6.07) is 27.3. The Kier molecular flexibility index (Phi) is 7.39. The number of aliphatic imine (C=N–C) groups is 1. The van der Waals surface area contributed by atoms with Crippen molar-refractivity contribution in [1.29, 1.82) is 0 Å². The molecule has 180 valence electrons. The highest BCUT2D eigenvalue weighted by molar-refractivity contribution is 6.54. The van der Waals surface area contributed by atoms with Gasteiger partial charge in [-0.05, 0) is 67.3 Å². The quantitative estimate of drug-likeness (QED) is 0.499. The molecule has 4 heteroatoms. The van der Waals surface area contributed by atoms with Gasteiger partial charge in [0, 0.05) is 5.56 Å². The third-order valence-electron chi connectivity index (χ3n) is 7.46. The smallest absolute Gasteiger partial charge is 0.281 e. The number of rotatable bonds is 8. The number of nitrogens with one attached hydrogen (secondary N) is 1. The van der Waals surface area contributed by atoms with Gasteiger partial charge in [0.1, 0.15) is 5.71 Å². The highest BCUT2D eigenvalue weighted by Gasteiger charge is 2.36. The number of likely N-dealkylation sites (tertiary alicyclic amines) is 1. The number of para-hydroxylation sites is 1. The first-order valence-corrected chi connectivity index (χ1v) is 13.2. The molecule has 0 radical (unpaired) electrons. The average molecular weight is 467 g/mol. The summed E-state index contributed by atoms with van der Waals surface area (Å²) in [7, 11) is 0. The maximum atomic E-state index is 13.5. The van der Waals surface area contributed by atoms with E-state index in [4.69, 9.17) is 4.99 Å². The lowest BCUT2D eigenvalue weighted by atomic mass is 9.90. The first-order valence-electron chi connectivity index (χ1n) is 13.2. The van der Waals surface area contributed by atoms with Gasteiger partial charge in [-0.1, -0.05) is 74.0 Å². The second-order valence-electron chi connectivity index (χ2n) is 10.0. The third-order valence-corrected chi connectivity index (χ3v) is 7.46. The molecule has 0 bridgehead atoms. The molecule has 4 nitrogen and oxygen atoms in total. The zero-order chi connectivity index (χ0) is 24.0. The van der Waals surface area contributed by atoms with E-state index in [2.05, 4.69) is 55.5 Å². The molecule has 1 amide bonds. The topological polar surface area (TPSA) is 37.1 Å². The lowest BCUT2D eigenvalue weighted by Crippen LogP contribution is -3.14. The Morgan fingerprint density at radius 2 is 1.60 bits per heavy atom. The summed E-state index contributed by atoms with van der Waals surface area (Å²) in [4.78, 5) is 21.8. The van der Waals surface area contributed by atoms with Crippen molar-refractivity contribution in [3.63, 3.8) is 0 Å². The van der Waals surface area contributed by atoms with Crippen LogP contribution in [-0.2, 0) is 17.6 Å². The van der Waals surface area contributed by atoms with Crippen LogP contribution in [0.25, 0.3) is 0 Å². The average Bonchev–Trinajstić information content (AvgIpc) is 3.16. The van der Waals surface area contributed by atoms with Gasteiger partial charge in [0.15, 0.2) is 6.67 Å². The van der Waals surface area contributed by atoms with Gasteiger partial charge in [0.2, 0.25) is 0 Å². The van der Waals surface area contributed by atoms with E-state index in [0.29, 0.717) is 12.4 Å². The monoisotopic (exact) mass is 466 g/mol. The predicted molar refractivity (Wildman–Crippen MR) is 144 cm³/mol. The van der Waals surface area contributed by atoms with Crippen LogP contribution < -0.4 is 9.80 Å². The Morgan fingerprint density at radius 3 is 2.34 bits per heavy atom. The van der Waals surface area contributed by atoms with Crippen molar-refractivity contribution in [1.82, 2.24) is 0 Å². The lowest BCUT2D eigenvalue weighted by molar-refractivity contribution is -0.904. The Labute approximate surface area is 209 Å². The highest BCUT2D eigenvalue weighted by Crippen LogP contribution is 2.30. The molecular weight excluding hydrogens is 430 g/mol. The van der Waals surface area contributed by atoms with Crippen molar-refractivity contribution >= 4 is 23.0 Å².